The molecule has 3 aromatic rings. The lowest BCUT2D eigenvalue weighted by atomic mass is 10.2. The molecule has 0 unspecified atom stereocenters. The molecule has 1 aromatic heterocycles. The monoisotopic (exact) mass is 414 g/mol. The van der Waals surface area contributed by atoms with Crippen LogP contribution >= 0.6 is 11.6 Å². The number of furan rings is 1. The van der Waals surface area contributed by atoms with Crippen LogP contribution in [-0.4, -0.2) is 19.6 Å². The van der Waals surface area contributed by atoms with Gasteiger partial charge in [0.05, 0.1) is 24.9 Å². The minimum Gasteiger partial charge on any atom is -0.493 e. The lowest BCUT2D eigenvalue weighted by molar-refractivity contribution is -0.118. The summed E-state index contributed by atoms with van der Waals surface area (Å²) in [6, 6.07) is 14.9. The van der Waals surface area contributed by atoms with Crippen molar-refractivity contribution in [2.45, 2.75) is 20.0 Å². The van der Waals surface area contributed by atoms with Crippen LogP contribution < -0.4 is 20.1 Å². The Bertz CT molecular complexity index is 940. The second-order valence-corrected chi connectivity index (χ2v) is 6.90. The first-order valence-corrected chi connectivity index (χ1v) is 9.52. The molecule has 0 fully saturated rings. The summed E-state index contributed by atoms with van der Waals surface area (Å²) in [5, 5.41) is 6.43. The van der Waals surface area contributed by atoms with Crippen molar-refractivity contribution in [2.75, 3.05) is 19.0 Å². The van der Waals surface area contributed by atoms with Gasteiger partial charge in [-0.3, -0.25) is 4.79 Å². The van der Waals surface area contributed by atoms with Gasteiger partial charge in [0, 0.05) is 12.2 Å². The number of ether oxygens (including phenoxy) is 2. The number of methoxy groups -OCH3 is 1. The predicted octanol–water partition coefficient (Wildman–Crippen LogP) is 4.56. The highest BCUT2D eigenvalue weighted by molar-refractivity contribution is 6.32. The van der Waals surface area contributed by atoms with Crippen LogP contribution in [0.5, 0.6) is 11.5 Å². The van der Waals surface area contributed by atoms with Crippen molar-refractivity contribution in [3.8, 4) is 11.5 Å². The van der Waals surface area contributed by atoms with E-state index in [2.05, 4.69) is 10.6 Å². The molecule has 29 heavy (non-hydrogen) atoms. The van der Waals surface area contributed by atoms with Crippen LogP contribution in [0.25, 0.3) is 0 Å². The standard InChI is InChI=1S/C22H23ClN2O4/c1-15-5-7-17(8-6-15)25-21(26)14-29-22-19(23)10-16(11-20(22)27-2)12-24-13-18-4-3-9-28-18/h3-11,24H,12-14H2,1-2H3,(H,25,26). The van der Waals surface area contributed by atoms with E-state index in [0.29, 0.717) is 35.3 Å². The highest BCUT2D eigenvalue weighted by atomic mass is 35.5. The van der Waals surface area contributed by atoms with E-state index in [9.17, 15) is 4.79 Å². The molecule has 1 heterocycles. The number of amides is 1. The lowest BCUT2D eigenvalue weighted by Crippen LogP contribution is -2.20. The van der Waals surface area contributed by atoms with E-state index in [-0.39, 0.29) is 12.5 Å². The molecule has 3 rings (SSSR count). The Kier molecular flexibility index (Phi) is 7.16. The summed E-state index contributed by atoms with van der Waals surface area (Å²) in [6.07, 6.45) is 1.64. The molecule has 152 valence electrons. The van der Waals surface area contributed by atoms with Gasteiger partial charge in [0.2, 0.25) is 0 Å². The number of aryl methyl sites for hydroxylation is 1. The van der Waals surface area contributed by atoms with E-state index < -0.39 is 0 Å². The van der Waals surface area contributed by atoms with Crippen molar-refractivity contribution in [2.24, 2.45) is 0 Å². The topological polar surface area (TPSA) is 72.7 Å². The molecule has 0 saturated carbocycles. The number of carbonyl (C=O) groups excluding carboxylic acids is 1. The van der Waals surface area contributed by atoms with Crippen LogP contribution in [0.4, 0.5) is 5.69 Å². The summed E-state index contributed by atoms with van der Waals surface area (Å²) in [4.78, 5) is 12.2. The van der Waals surface area contributed by atoms with Crippen molar-refractivity contribution in [1.29, 1.82) is 0 Å². The maximum atomic E-state index is 12.2. The fourth-order valence-electron chi connectivity index (χ4n) is 2.73. The van der Waals surface area contributed by atoms with Gasteiger partial charge >= 0.3 is 0 Å². The molecule has 1 amide bonds. The zero-order valence-corrected chi connectivity index (χ0v) is 17.1. The molecule has 0 atom stereocenters. The zero-order chi connectivity index (χ0) is 20.6. The molecule has 0 aliphatic heterocycles. The highest BCUT2D eigenvalue weighted by Crippen LogP contribution is 2.36. The van der Waals surface area contributed by atoms with E-state index in [1.165, 1.54) is 7.11 Å². The number of halogens is 1. The maximum Gasteiger partial charge on any atom is 0.262 e. The quantitative estimate of drug-likeness (QED) is 0.537. The lowest BCUT2D eigenvalue weighted by Gasteiger charge is -2.14. The molecule has 0 spiro atoms. The van der Waals surface area contributed by atoms with E-state index in [0.717, 1.165) is 16.9 Å². The Morgan fingerprint density at radius 1 is 1.14 bits per heavy atom. The molecular formula is C22H23ClN2O4. The first kappa shape index (κ1) is 20.8. The number of nitrogens with one attached hydrogen (secondary N) is 2. The van der Waals surface area contributed by atoms with E-state index >= 15 is 0 Å². The van der Waals surface area contributed by atoms with Crippen LogP contribution in [0, 0.1) is 6.92 Å². The number of anilines is 1. The summed E-state index contributed by atoms with van der Waals surface area (Å²) in [7, 11) is 1.53. The second kappa shape index (κ2) is 10.0. The van der Waals surface area contributed by atoms with Crippen LogP contribution in [-0.2, 0) is 17.9 Å². The maximum absolute atomic E-state index is 12.2. The molecule has 2 N–H and O–H groups in total. The van der Waals surface area contributed by atoms with Crippen molar-refractivity contribution >= 4 is 23.2 Å². The van der Waals surface area contributed by atoms with Gasteiger partial charge in [-0.05, 0) is 48.9 Å². The SMILES string of the molecule is COc1cc(CNCc2ccco2)cc(Cl)c1OCC(=O)Nc1ccc(C)cc1. The summed E-state index contributed by atoms with van der Waals surface area (Å²) >= 11 is 6.37. The molecule has 0 radical (unpaired) electrons. The molecule has 2 aromatic carbocycles. The molecule has 7 heteroatoms. The van der Waals surface area contributed by atoms with Gasteiger partial charge < -0.3 is 24.5 Å². The smallest absolute Gasteiger partial charge is 0.262 e. The van der Waals surface area contributed by atoms with Crippen molar-refractivity contribution in [1.82, 2.24) is 5.32 Å². The highest BCUT2D eigenvalue weighted by Gasteiger charge is 2.14. The zero-order valence-electron chi connectivity index (χ0n) is 16.3. The van der Waals surface area contributed by atoms with Gasteiger partial charge in [-0.25, -0.2) is 0 Å². The number of hydrogen-bond acceptors (Lipinski definition) is 5. The first-order valence-electron chi connectivity index (χ1n) is 9.14. The van der Waals surface area contributed by atoms with Gasteiger partial charge in [-0.15, -0.1) is 0 Å². The van der Waals surface area contributed by atoms with E-state index in [1.54, 1.807) is 12.3 Å². The Balaban J connectivity index is 1.58. The van der Waals surface area contributed by atoms with Gasteiger partial charge in [0.25, 0.3) is 5.91 Å². The van der Waals surface area contributed by atoms with Gasteiger partial charge in [-0.1, -0.05) is 29.3 Å². The molecule has 0 saturated heterocycles. The van der Waals surface area contributed by atoms with Crippen molar-refractivity contribution in [3.05, 3.63) is 76.7 Å². The van der Waals surface area contributed by atoms with E-state index in [4.69, 9.17) is 25.5 Å². The van der Waals surface area contributed by atoms with Gasteiger partial charge in [-0.2, -0.15) is 0 Å². The van der Waals surface area contributed by atoms with Gasteiger partial charge in [0.1, 0.15) is 5.76 Å². The summed E-state index contributed by atoms with van der Waals surface area (Å²) < 4.78 is 16.3. The average Bonchev–Trinajstić information content (AvgIpc) is 3.22. The normalized spacial score (nSPS) is 10.6. The minimum atomic E-state index is -0.281. The molecule has 6 nitrogen and oxygen atoms in total. The summed E-state index contributed by atoms with van der Waals surface area (Å²) in [5.74, 6) is 1.37. The van der Waals surface area contributed by atoms with Gasteiger partial charge in [0.15, 0.2) is 18.1 Å². The third-order valence-electron chi connectivity index (χ3n) is 4.18. The third-order valence-corrected chi connectivity index (χ3v) is 4.46. The Labute approximate surface area is 174 Å². The Hall–Kier alpha value is -2.96. The van der Waals surface area contributed by atoms with Crippen LogP contribution in [0.1, 0.15) is 16.9 Å². The fraction of sp³-hybridized carbons (Fsp3) is 0.227. The molecule has 0 bridgehead atoms. The predicted molar refractivity (Wildman–Crippen MR) is 113 cm³/mol. The molecule has 0 aliphatic rings. The van der Waals surface area contributed by atoms with Crippen molar-refractivity contribution in [3.63, 3.8) is 0 Å². The van der Waals surface area contributed by atoms with E-state index in [1.807, 2.05) is 49.4 Å². The fourth-order valence-corrected chi connectivity index (χ4v) is 3.02. The average molecular weight is 415 g/mol. The minimum absolute atomic E-state index is 0.181. The van der Waals surface area contributed by atoms with Crippen LogP contribution in [0.2, 0.25) is 5.02 Å². The summed E-state index contributed by atoms with van der Waals surface area (Å²) in [5.41, 5.74) is 2.75. The Morgan fingerprint density at radius 3 is 2.62 bits per heavy atom. The van der Waals surface area contributed by atoms with Crippen molar-refractivity contribution < 1.29 is 18.7 Å². The number of carbonyl (C=O) groups is 1. The van der Waals surface area contributed by atoms with Crippen LogP contribution in [0.15, 0.2) is 59.2 Å². The number of benzene rings is 2. The second-order valence-electron chi connectivity index (χ2n) is 6.49. The molecule has 0 aliphatic carbocycles. The largest absolute Gasteiger partial charge is 0.493 e. The van der Waals surface area contributed by atoms with Crippen LogP contribution in [0.3, 0.4) is 0 Å². The number of rotatable bonds is 9. The third kappa shape index (κ3) is 6.01. The first-order chi connectivity index (χ1) is 14.0. The Morgan fingerprint density at radius 2 is 1.93 bits per heavy atom. The molecular weight excluding hydrogens is 392 g/mol. The summed E-state index contributed by atoms with van der Waals surface area (Å²) in [6.45, 7) is 2.98. The number of hydrogen-bond donors (Lipinski definition) is 2.